The predicted octanol–water partition coefficient (Wildman–Crippen LogP) is 1.35. The molecule has 0 spiro atoms. The maximum absolute atomic E-state index is 11.2. The lowest BCUT2D eigenvalue weighted by molar-refractivity contribution is -0.144. The Morgan fingerprint density at radius 3 is 2.87 bits per heavy atom. The summed E-state index contributed by atoms with van der Waals surface area (Å²) < 4.78 is 5.28. The minimum absolute atomic E-state index is 0.290. The SMILES string of the molecule is CC(=O)OCC(=O)Nc1cncc(Br)c1. The van der Waals surface area contributed by atoms with Gasteiger partial charge in [-0.1, -0.05) is 0 Å². The molecule has 0 saturated carbocycles. The second-order valence-corrected chi connectivity index (χ2v) is 3.64. The third kappa shape index (κ3) is 4.55. The normalized spacial score (nSPS) is 9.47. The molecule has 0 aliphatic rings. The van der Waals surface area contributed by atoms with Crippen LogP contribution in [-0.2, 0) is 14.3 Å². The molecule has 0 saturated heterocycles. The molecule has 0 fully saturated rings. The summed E-state index contributed by atoms with van der Waals surface area (Å²) in [6.45, 7) is 0.954. The summed E-state index contributed by atoms with van der Waals surface area (Å²) in [5.41, 5.74) is 0.543. The Morgan fingerprint density at radius 2 is 2.27 bits per heavy atom. The summed E-state index contributed by atoms with van der Waals surface area (Å²) in [5, 5.41) is 2.53. The van der Waals surface area contributed by atoms with Gasteiger partial charge in [-0.2, -0.15) is 0 Å². The molecule has 80 valence electrons. The highest BCUT2D eigenvalue weighted by atomic mass is 79.9. The number of carbonyl (C=O) groups excluding carboxylic acids is 2. The lowest BCUT2D eigenvalue weighted by Crippen LogP contribution is -2.19. The smallest absolute Gasteiger partial charge is 0.303 e. The van der Waals surface area contributed by atoms with E-state index in [-0.39, 0.29) is 6.61 Å². The van der Waals surface area contributed by atoms with Gasteiger partial charge in [0.05, 0.1) is 11.9 Å². The molecular weight excluding hydrogens is 264 g/mol. The number of nitrogens with one attached hydrogen (secondary N) is 1. The molecule has 0 atom stereocenters. The maximum atomic E-state index is 11.2. The van der Waals surface area contributed by atoms with E-state index in [1.165, 1.54) is 13.1 Å². The molecule has 0 bridgehead atoms. The van der Waals surface area contributed by atoms with Crippen molar-refractivity contribution in [3.63, 3.8) is 0 Å². The van der Waals surface area contributed by atoms with Crippen LogP contribution in [-0.4, -0.2) is 23.5 Å². The Kier molecular flexibility index (Phi) is 4.23. The molecule has 1 amide bonds. The summed E-state index contributed by atoms with van der Waals surface area (Å²) in [7, 11) is 0. The lowest BCUT2D eigenvalue weighted by Gasteiger charge is -2.04. The fourth-order valence-electron chi connectivity index (χ4n) is 0.844. The Hall–Kier alpha value is -1.43. The predicted molar refractivity (Wildman–Crippen MR) is 57.2 cm³/mol. The summed E-state index contributed by atoms with van der Waals surface area (Å²) >= 11 is 3.22. The van der Waals surface area contributed by atoms with E-state index in [1.807, 2.05) is 0 Å². The Balaban J connectivity index is 2.48. The third-order valence-electron chi connectivity index (χ3n) is 1.40. The molecule has 5 nitrogen and oxygen atoms in total. The van der Waals surface area contributed by atoms with Gasteiger partial charge >= 0.3 is 5.97 Å². The topological polar surface area (TPSA) is 68.3 Å². The van der Waals surface area contributed by atoms with Gasteiger partial charge in [-0.15, -0.1) is 0 Å². The van der Waals surface area contributed by atoms with Crippen LogP contribution in [0.25, 0.3) is 0 Å². The van der Waals surface area contributed by atoms with Crippen molar-refractivity contribution < 1.29 is 14.3 Å². The van der Waals surface area contributed by atoms with Crippen molar-refractivity contribution in [2.75, 3.05) is 11.9 Å². The molecule has 1 aromatic rings. The zero-order valence-corrected chi connectivity index (χ0v) is 9.58. The number of nitrogens with zero attached hydrogens (tertiary/aromatic N) is 1. The zero-order valence-electron chi connectivity index (χ0n) is 7.99. The number of esters is 1. The van der Waals surface area contributed by atoms with Crippen LogP contribution >= 0.6 is 15.9 Å². The van der Waals surface area contributed by atoms with E-state index >= 15 is 0 Å². The van der Waals surface area contributed by atoms with Crippen LogP contribution in [0.4, 0.5) is 5.69 Å². The maximum Gasteiger partial charge on any atom is 0.303 e. The van der Waals surface area contributed by atoms with Gasteiger partial charge in [-0.3, -0.25) is 14.6 Å². The lowest BCUT2D eigenvalue weighted by atomic mass is 10.4. The van der Waals surface area contributed by atoms with Gasteiger partial charge in [0.15, 0.2) is 6.61 Å². The van der Waals surface area contributed by atoms with Crippen LogP contribution in [0.3, 0.4) is 0 Å². The summed E-state index contributed by atoms with van der Waals surface area (Å²) in [6, 6.07) is 1.69. The molecule has 15 heavy (non-hydrogen) atoms. The number of amides is 1. The van der Waals surface area contributed by atoms with E-state index in [9.17, 15) is 9.59 Å². The largest absolute Gasteiger partial charge is 0.456 e. The first-order chi connectivity index (χ1) is 7.08. The van der Waals surface area contributed by atoms with Gasteiger partial charge in [0.25, 0.3) is 5.91 Å². The number of anilines is 1. The van der Waals surface area contributed by atoms with E-state index in [0.717, 1.165) is 4.47 Å². The van der Waals surface area contributed by atoms with Crippen LogP contribution in [0.15, 0.2) is 22.9 Å². The highest BCUT2D eigenvalue weighted by Crippen LogP contribution is 2.13. The monoisotopic (exact) mass is 272 g/mol. The number of hydrogen-bond donors (Lipinski definition) is 1. The van der Waals surface area contributed by atoms with Gasteiger partial charge in [-0.25, -0.2) is 0 Å². The first-order valence-corrected chi connectivity index (χ1v) is 4.91. The van der Waals surface area contributed by atoms with Gasteiger partial charge in [0, 0.05) is 17.6 Å². The van der Waals surface area contributed by atoms with E-state index in [1.54, 1.807) is 12.3 Å². The molecule has 1 N–H and O–H groups in total. The molecule has 1 aromatic heterocycles. The van der Waals surface area contributed by atoms with Crippen LogP contribution < -0.4 is 5.32 Å². The van der Waals surface area contributed by atoms with Crippen LogP contribution in [0, 0.1) is 0 Å². The molecular formula is C9H9BrN2O3. The van der Waals surface area contributed by atoms with Crippen LogP contribution in [0.2, 0.25) is 0 Å². The van der Waals surface area contributed by atoms with Gasteiger partial charge in [0.2, 0.25) is 0 Å². The number of hydrogen-bond acceptors (Lipinski definition) is 4. The molecule has 6 heteroatoms. The van der Waals surface area contributed by atoms with Gasteiger partial charge < -0.3 is 10.1 Å². The minimum Gasteiger partial charge on any atom is -0.456 e. The van der Waals surface area contributed by atoms with E-state index in [2.05, 4.69) is 31.0 Å². The fourth-order valence-corrected chi connectivity index (χ4v) is 1.21. The van der Waals surface area contributed by atoms with Crippen molar-refractivity contribution in [1.82, 2.24) is 4.98 Å². The quantitative estimate of drug-likeness (QED) is 0.844. The second-order valence-electron chi connectivity index (χ2n) is 2.72. The van der Waals surface area contributed by atoms with E-state index in [0.29, 0.717) is 5.69 Å². The first-order valence-electron chi connectivity index (χ1n) is 4.11. The number of ether oxygens (including phenoxy) is 1. The molecule has 0 radical (unpaired) electrons. The number of rotatable bonds is 3. The zero-order chi connectivity index (χ0) is 11.3. The Labute approximate surface area is 95.0 Å². The Bertz CT molecular complexity index is 381. The van der Waals surface area contributed by atoms with Crippen LogP contribution in [0.1, 0.15) is 6.92 Å². The number of halogens is 1. The molecule has 1 rings (SSSR count). The third-order valence-corrected chi connectivity index (χ3v) is 1.83. The number of pyridine rings is 1. The van der Waals surface area contributed by atoms with Gasteiger partial charge in [0.1, 0.15) is 0 Å². The van der Waals surface area contributed by atoms with Crippen molar-refractivity contribution in [2.24, 2.45) is 0 Å². The average molecular weight is 273 g/mol. The van der Waals surface area contributed by atoms with Crippen molar-refractivity contribution in [1.29, 1.82) is 0 Å². The summed E-state index contributed by atoms with van der Waals surface area (Å²) in [5.74, 6) is -0.886. The standard InChI is InChI=1S/C9H9BrN2O3/c1-6(13)15-5-9(14)12-8-2-7(10)3-11-4-8/h2-4H,5H2,1H3,(H,12,14). The molecule has 0 aliphatic heterocycles. The fraction of sp³-hybridized carbons (Fsp3) is 0.222. The minimum atomic E-state index is -0.488. The highest BCUT2D eigenvalue weighted by Gasteiger charge is 2.04. The Morgan fingerprint density at radius 1 is 1.53 bits per heavy atom. The highest BCUT2D eigenvalue weighted by molar-refractivity contribution is 9.10. The second kappa shape index (κ2) is 5.45. The molecule has 0 aliphatic carbocycles. The van der Waals surface area contributed by atoms with Gasteiger partial charge in [-0.05, 0) is 22.0 Å². The molecule has 1 heterocycles. The van der Waals surface area contributed by atoms with Crippen LogP contribution in [0.5, 0.6) is 0 Å². The summed E-state index contributed by atoms with van der Waals surface area (Å²) in [6.07, 6.45) is 3.10. The van der Waals surface area contributed by atoms with E-state index < -0.39 is 11.9 Å². The van der Waals surface area contributed by atoms with Crippen molar-refractivity contribution >= 4 is 33.5 Å². The molecule has 0 unspecified atom stereocenters. The van der Waals surface area contributed by atoms with Crippen molar-refractivity contribution in [2.45, 2.75) is 6.92 Å². The van der Waals surface area contributed by atoms with Crippen molar-refractivity contribution in [3.05, 3.63) is 22.9 Å². The number of aromatic nitrogens is 1. The van der Waals surface area contributed by atoms with E-state index in [4.69, 9.17) is 0 Å². The number of carbonyl (C=O) groups is 2. The molecule has 0 aromatic carbocycles. The summed E-state index contributed by atoms with van der Waals surface area (Å²) in [4.78, 5) is 25.5. The average Bonchev–Trinajstić information content (AvgIpc) is 2.15. The first kappa shape index (κ1) is 11.6. The van der Waals surface area contributed by atoms with Crippen molar-refractivity contribution in [3.8, 4) is 0 Å².